The molecule has 4 heterocycles. The average molecular weight is 609 g/mol. The van der Waals surface area contributed by atoms with Crippen molar-refractivity contribution in [1.29, 1.82) is 0 Å². The molecule has 4 aliphatic heterocycles. The normalized spacial score (nSPS) is 26.1. The largest absolute Gasteiger partial charge is 0.507 e. The molecule has 4 aliphatic rings. The topological polar surface area (TPSA) is 144 Å². The number of likely N-dealkylation sites (N-methyl/N-ethyl adjacent to an activating group) is 1. The maximum absolute atomic E-state index is 13.3. The van der Waals surface area contributed by atoms with Gasteiger partial charge < -0.3 is 35.4 Å². The first kappa shape index (κ1) is 30.5. The van der Waals surface area contributed by atoms with Crippen LogP contribution in [0.5, 0.6) is 23.0 Å². The maximum Gasteiger partial charge on any atom is 0.242 e. The van der Waals surface area contributed by atoms with E-state index >= 15 is 0 Å². The molecular weight excluding hydrogens is 564 g/mol. The summed E-state index contributed by atoms with van der Waals surface area (Å²) < 4.78 is 11.7. The minimum atomic E-state index is -0.919. The number of fused-ring (bicyclic) bond motifs is 9. The van der Waals surface area contributed by atoms with Gasteiger partial charge in [-0.15, -0.1) is 0 Å². The number of rotatable bonds is 6. The van der Waals surface area contributed by atoms with Crippen molar-refractivity contribution in [2.75, 3.05) is 20.4 Å². The van der Waals surface area contributed by atoms with Crippen molar-refractivity contribution < 1.29 is 34.4 Å². The third-order valence-electron chi connectivity index (χ3n) is 10.1. The summed E-state index contributed by atoms with van der Waals surface area (Å²) in [4.78, 5) is 29.8. The second kappa shape index (κ2) is 11.1. The third kappa shape index (κ3) is 4.67. The lowest BCUT2D eigenvalue weighted by molar-refractivity contribution is -0.172. The molecule has 0 radical (unpaired) electrons. The highest BCUT2D eigenvalue weighted by atomic mass is 16.7. The van der Waals surface area contributed by atoms with Crippen LogP contribution in [0.4, 0.5) is 0 Å². The number of piperazine rings is 1. The zero-order chi connectivity index (χ0) is 31.8. The number of aromatic hydroxyl groups is 2. The molecule has 0 aliphatic carbocycles. The summed E-state index contributed by atoms with van der Waals surface area (Å²) in [6.07, 6.45) is 0.331. The van der Waals surface area contributed by atoms with Gasteiger partial charge in [0, 0.05) is 41.3 Å². The number of phenolic OH excluding ortho intramolecular Hbond substituents is 2. The number of nitrogens with one attached hydrogen (secondary N) is 2. The van der Waals surface area contributed by atoms with Crippen molar-refractivity contribution in [3.05, 3.63) is 45.0 Å². The highest BCUT2D eigenvalue weighted by Crippen LogP contribution is 2.57. The standard InChI is InChI=1S/C33H44N4O7/c1-14(2)8-24(38)35-18(6)32(41)34-12-23-26-20(28(39)17(5)30-31(26)44-13-43-30)11-21-27-25-19(9-15(3)16(4)29(25)40)10-22(36(27)7)33(42)37(21)23/h9,14,18,21-23,27,33,39-40,42H,8,10-13H2,1-7H3,(H,34,41)(H,35,38)/t18-,21?,22-,23+,27+,33?/m1/s1. The highest BCUT2D eigenvalue weighted by Gasteiger charge is 2.56. The van der Waals surface area contributed by atoms with E-state index in [0.717, 1.165) is 22.3 Å². The summed E-state index contributed by atoms with van der Waals surface area (Å²) >= 11 is 0. The number of aliphatic hydroxyl groups is 1. The predicted molar refractivity (Wildman–Crippen MR) is 163 cm³/mol. The number of nitrogens with zero attached hydrogens (tertiary/aromatic N) is 2. The van der Waals surface area contributed by atoms with Crippen LogP contribution in [0.25, 0.3) is 0 Å². The van der Waals surface area contributed by atoms with E-state index < -0.39 is 18.3 Å². The number of phenols is 2. The van der Waals surface area contributed by atoms with Gasteiger partial charge in [-0.2, -0.15) is 0 Å². The summed E-state index contributed by atoms with van der Waals surface area (Å²) in [5.74, 6) is 0.959. The predicted octanol–water partition coefficient (Wildman–Crippen LogP) is 2.62. The van der Waals surface area contributed by atoms with Crippen molar-refractivity contribution in [3.8, 4) is 23.0 Å². The summed E-state index contributed by atoms with van der Waals surface area (Å²) in [7, 11) is 1.98. The summed E-state index contributed by atoms with van der Waals surface area (Å²) in [5, 5.41) is 40.8. The number of hydrogen-bond donors (Lipinski definition) is 5. The van der Waals surface area contributed by atoms with Crippen molar-refractivity contribution in [2.24, 2.45) is 5.92 Å². The zero-order valence-corrected chi connectivity index (χ0v) is 26.5. The Morgan fingerprint density at radius 1 is 1.00 bits per heavy atom. The number of ether oxygens (including phenoxy) is 2. The molecule has 2 aromatic carbocycles. The fraction of sp³-hybridized carbons (Fsp3) is 0.576. The van der Waals surface area contributed by atoms with Crippen LogP contribution >= 0.6 is 0 Å². The third-order valence-corrected chi connectivity index (χ3v) is 10.1. The molecule has 11 heteroatoms. The summed E-state index contributed by atoms with van der Waals surface area (Å²) in [6.45, 7) is 11.3. The Kier molecular flexibility index (Phi) is 7.70. The number of aliphatic hydroxyl groups excluding tert-OH is 1. The Labute approximate surface area is 258 Å². The molecule has 238 valence electrons. The van der Waals surface area contributed by atoms with Gasteiger partial charge in [-0.1, -0.05) is 19.9 Å². The van der Waals surface area contributed by atoms with E-state index in [0.29, 0.717) is 47.5 Å². The molecule has 44 heavy (non-hydrogen) atoms. The Hall–Kier alpha value is -3.54. The van der Waals surface area contributed by atoms with Crippen molar-refractivity contribution in [3.63, 3.8) is 0 Å². The maximum atomic E-state index is 13.3. The smallest absolute Gasteiger partial charge is 0.242 e. The van der Waals surface area contributed by atoms with Crippen molar-refractivity contribution in [2.45, 2.75) is 97.2 Å². The van der Waals surface area contributed by atoms with Crippen LogP contribution in [0, 0.1) is 26.7 Å². The van der Waals surface area contributed by atoms with Crippen LogP contribution in [-0.4, -0.2) is 81.7 Å². The van der Waals surface area contributed by atoms with Crippen LogP contribution in [0.15, 0.2) is 6.07 Å². The molecule has 2 aromatic rings. The number of benzene rings is 2. The minimum Gasteiger partial charge on any atom is -0.507 e. The molecule has 1 saturated heterocycles. The Morgan fingerprint density at radius 3 is 2.41 bits per heavy atom. The van der Waals surface area contributed by atoms with Gasteiger partial charge in [-0.3, -0.25) is 19.4 Å². The van der Waals surface area contributed by atoms with E-state index in [1.165, 1.54) is 0 Å². The van der Waals surface area contributed by atoms with Crippen LogP contribution in [0.1, 0.15) is 78.2 Å². The lowest BCUT2D eigenvalue weighted by atomic mass is 9.73. The molecule has 1 fully saturated rings. The highest BCUT2D eigenvalue weighted by molar-refractivity contribution is 5.87. The summed E-state index contributed by atoms with van der Waals surface area (Å²) in [6, 6.07) is -0.133. The van der Waals surface area contributed by atoms with E-state index in [2.05, 4.69) is 21.6 Å². The van der Waals surface area contributed by atoms with Gasteiger partial charge in [-0.05, 0) is 70.2 Å². The first-order valence-electron chi connectivity index (χ1n) is 15.5. The summed E-state index contributed by atoms with van der Waals surface area (Å²) in [5.41, 5.74) is 5.63. The van der Waals surface area contributed by atoms with Crippen LogP contribution < -0.4 is 20.1 Å². The van der Waals surface area contributed by atoms with Gasteiger partial charge in [-0.25, -0.2) is 0 Å². The van der Waals surface area contributed by atoms with E-state index in [-0.39, 0.29) is 60.7 Å². The number of carbonyl (C=O) groups is 2. The number of carbonyl (C=O) groups excluding carboxylic acids is 2. The first-order valence-corrected chi connectivity index (χ1v) is 15.5. The molecule has 6 atom stereocenters. The van der Waals surface area contributed by atoms with Gasteiger partial charge in [0.2, 0.25) is 18.6 Å². The van der Waals surface area contributed by atoms with Gasteiger partial charge in [0.1, 0.15) is 23.8 Å². The van der Waals surface area contributed by atoms with Crippen molar-refractivity contribution in [1.82, 2.24) is 20.4 Å². The quantitative estimate of drug-likeness (QED) is 0.334. The first-order chi connectivity index (χ1) is 20.8. The molecule has 2 bridgehead atoms. The molecule has 5 N–H and O–H groups in total. The molecule has 0 saturated carbocycles. The SMILES string of the molecule is Cc1cc2c(c(O)c1C)[C@@H]1C3Cc4c(O)c(C)c5c(c4[C@H](CNC(=O)[C@@H](C)NC(=O)CC(C)C)N3C(O)[C@@H](C2)N1C)OCO5. The Morgan fingerprint density at radius 2 is 1.70 bits per heavy atom. The van der Waals surface area contributed by atoms with Gasteiger partial charge in [0.05, 0.1) is 18.1 Å². The Balaban J connectivity index is 1.42. The molecule has 0 spiro atoms. The number of hydrogen-bond acceptors (Lipinski definition) is 9. The lowest BCUT2D eigenvalue weighted by Crippen LogP contribution is -2.69. The van der Waals surface area contributed by atoms with Crippen molar-refractivity contribution >= 4 is 11.8 Å². The van der Waals surface area contributed by atoms with Crippen LogP contribution in [0.3, 0.4) is 0 Å². The number of amides is 2. The molecule has 11 nitrogen and oxygen atoms in total. The fourth-order valence-corrected chi connectivity index (χ4v) is 7.80. The Bertz CT molecular complexity index is 1520. The van der Waals surface area contributed by atoms with E-state index in [1.807, 2.05) is 39.6 Å². The lowest BCUT2D eigenvalue weighted by Gasteiger charge is -2.60. The second-order valence-corrected chi connectivity index (χ2v) is 13.3. The molecular formula is C33H44N4O7. The average Bonchev–Trinajstić information content (AvgIpc) is 3.45. The molecule has 2 unspecified atom stereocenters. The van der Waals surface area contributed by atoms with Crippen LogP contribution in [0.2, 0.25) is 0 Å². The van der Waals surface area contributed by atoms with Gasteiger partial charge in [0.15, 0.2) is 11.5 Å². The second-order valence-electron chi connectivity index (χ2n) is 13.3. The molecule has 6 rings (SSSR count). The fourth-order valence-electron chi connectivity index (χ4n) is 7.80. The van der Waals surface area contributed by atoms with Gasteiger partial charge >= 0.3 is 0 Å². The van der Waals surface area contributed by atoms with E-state index in [9.17, 15) is 24.9 Å². The molecule has 0 aromatic heterocycles. The van der Waals surface area contributed by atoms with E-state index in [4.69, 9.17) is 9.47 Å². The monoisotopic (exact) mass is 608 g/mol. The minimum absolute atomic E-state index is 0.00388. The van der Waals surface area contributed by atoms with Gasteiger partial charge in [0.25, 0.3) is 0 Å². The van der Waals surface area contributed by atoms with Crippen LogP contribution in [-0.2, 0) is 22.4 Å². The zero-order valence-electron chi connectivity index (χ0n) is 26.5. The molecule has 2 amide bonds. The van der Waals surface area contributed by atoms with E-state index in [1.54, 1.807) is 13.8 Å². The number of aryl methyl sites for hydroxylation is 1.